The molecule has 6 nitrogen and oxygen atoms in total. The number of amides is 1. The fraction of sp³-hybridized carbons (Fsp3) is 0.217. The van der Waals surface area contributed by atoms with Crippen molar-refractivity contribution >= 4 is 33.3 Å². The number of halogens is 1. The molecule has 0 fully saturated rings. The molecule has 0 radical (unpaired) electrons. The topological polar surface area (TPSA) is 76.3 Å². The van der Waals surface area contributed by atoms with E-state index in [4.69, 9.17) is 4.42 Å². The Morgan fingerprint density at radius 2 is 1.84 bits per heavy atom. The van der Waals surface area contributed by atoms with E-state index in [9.17, 15) is 14.0 Å². The number of aryl methyl sites for hydroxylation is 2. The van der Waals surface area contributed by atoms with Gasteiger partial charge in [0.2, 0.25) is 10.9 Å². The summed E-state index contributed by atoms with van der Waals surface area (Å²) in [6.45, 7) is 4.01. The van der Waals surface area contributed by atoms with Crippen LogP contribution in [0, 0.1) is 5.82 Å². The minimum absolute atomic E-state index is 0.0399. The smallest absolute Gasteiger partial charge is 0.297 e. The summed E-state index contributed by atoms with van der Waals surface area (Å²) in [7, 11) is 0. The molecule has 0 N–H and O–H groups in total. The van der Waals surface area contributed by atoms with Gasteiger partial charge in [-0.15, -0.1) is 10.2 Å². The summed E-state index contributed by atoms with van der Waals surface area (Å²) in [4.78, 5) is 28.3. The first kappa shape index (κ1) is 19.6. The Bertz CT molecular complexity index is 1380. The first-order chi connectivity index (χ1) is 15.0. The Balaban J connectivity index is 1.78. The minimum Gasteiger partial charge on any atom is -0.450 e. The number of aromatic nitrogens is 2. The van der Waals surface area contributed by atoms with E-state index in [1.165, 1.54) is 28.4 Å². The van der Waals surface area contributed by atoms with Crippen LogP contribution in [-0.2, 0) is 12.8 Å². The van der Waals surface area contributed by atoms with Crippen LogP contribution in [0.5, 0.6) is 0 Å². The van der Waals surface area contributed by atoms with Crippen LogP contribution in [-0.4, -0.2) is 16.1 Å². The summed E-state index contributed by atoms with van der Waals surface area (Å²) in [5.74, 6) is -1.04. The Kier molecular flexibility index (Phi) is 4.66. The van der Waals surface area contributed by atoms with Gasteiger partial charge in [0.1, 0.15) is 16.4 Å². The highest BCUT2D eigenvalue weighted by atomic mass is 32.1. The van der Waals surface area contributed by atoms with Crippen LogP contribution in [0.4, 0.5) is 9.52 Å². The van der Waals surface area contributed by atoms with Crippen molar-refractivity contribution in [3.63, 3.8) is 0 Å². The molecule has 0 saturated heterocycles. The van der Waals surface area contributed by atoms with Gasteiger partial charge in [0.15, 0.2) is 5.43 Å². The zero-order valence-electron chi connectivity index (χ0n) is 16.9. The van der Waals surface area contributed by atoms with Crippen molar-refractivity contribution in [1.29, 1.82) is 0 Å². The number of hydrogen-bond donors (Lipinski definition) is 0. The number of nitrogens with zero attached hydrogens (tertiary/aromatic N) is 3. The quantitative estimate of drug-likeness (QED) is 0.466. The second-order valence-electron chi connectivity index (χ2n) is 7.32. The van der Waals surface area contributed by atoms with Crippen molar-refractivity contribution in [1.82, 2.24) is 10.2 Å². The molecule has 3 heterocycles. The molecule has 0 aliphatic carbocycles. The van der Waals surface area contributed by atoms with Gasteiger partial charge in [-0.25, -0.2) is 4.39 Å². The number of rotatable bonds is 4. The van der Waals surface area contributed by atoms with E-state index in [-0.39, 0.29) is 22.3 Å². The molecular formula is C23H18FN3O3S. The molecule has 1 amide bonds. The van der Waals surface area contributed by atoms with E-state index in [1.807, 2.05) is 31.2 Å². The Hall–Kier alpha value is -3.39. The molecule has 1 atom stereocenters. The third-order valence-electron chi connectivity index (χ3n) is 5.50. The fourth-order valence-corrected chi connectivity index (χ4v) is 4.68. The van der Waals surface area contributed by atoms with Gasteiger partial charge in [0, 0.05) is 0 Å². The van der Waals surface area contributed by atoms with Gasteiger partial charge in [0.05, 0.1) is 17.0 Å². The maximum absolute atomic E-state index is 13.9. The van der Waals surface area contributed by atoms with Crippen LogP contribution in [0.25, 0.3) is 11.0 Å². The third-order valence-corrected chi connectivity index (χ3v) is 6.57. The van der Waals surface area contributed by atoms with Gasteiger partial charge in [-0.3, -0.25) is 14.5 Å². The highest BCUT2D eigenvalue weighted by molar-refractivity contribution is 7.15. The number of hydrogen-bond acceptors (Lipinski definition) is 6. The van der Waals surface area contributed by atoms with Gasteiger partial charge in [0.25, 0.3) is 5.91 Å². The maximum atomic E-state index is 13.9. The highest BCUT2D eigenvalue weighted by Gasteiger charge is 2.45. The predicted molar refractivity (Wildman–Crippen MR) is 116 cm³/mol. The van der Waals surface area contributed by atoms with E-state index in [0.29, 0.717) is 11.6 Å². The van der Waals surface area contributed by atoms with Crippen LogP contribution in [0.3, 0.4) is 0 Å². The van der Waals surface area contributed by atoms with Crippen molar-refractivity contribution in [3.8, 4) is 0 Å². The van der Waals surface area contributed by atoms with Crippen LogP contribution in [0.15, 0.2) is 51.7 Å². The zero-order valence-corrected chi connectivity index (χ0v) is 17.7. The van der Waals surface area contributed by atoms with Crippen molar-refractivity contribution in [3.05, 3.63) is 86.0 Å². The number of carbonyl (C=O) groups excluding carboxylic acids is 1. The van der Waals surface area contributed by atoms with Gasteiger partial charge < -0.3 is 4.42 Å². The maximum Gasteiger partial charge on any atom is 0.297 e. The van der Waals surface area contributed by atoms with E-state index in [2.05, 4.69) is 17.1 Å². The van der Waals surface area contributed by atoms with Crippen molar-refractivity contribution < 1.29 is 13.6 Å². The van der Waals surface area contributed by atoms with E-state index < -0.39 is 23.2 Å². The van der Waals surface area contributed by atoms with E-state index >= 15 is 0 Å². The van der Waals surface area contributed by atoms with Crippen LogP contribution < -0.4 is 10.3 Å². The molecule has 31 heavy (non-hydrogen) atoms. The fourth-order valence-electron chi connectivity index (χ4n) is 3.88. The molecule has 8 heteroatoms. The van der Waals surface area contributed by atoms with E-state index in [0.717, 1.165) is 28.6 Å². The third kappa shape index (κ3) is 3.06. The minimum atomic E-state index is -0.727. The first-order valence-corrected chi connectivity index (χ1v) is 10.8. The molecule has 5 rings (SSSR count). The lowest BCUT2D eigenvalue weighted by Crippen LogP contribution is -2.29. The molecule has 2 aromatic carbocycles. The summed E-state index contributed by atoms with van der Waals surface area (Å²) >= 11 is 1.30. The second-order valence-corrected chi connectivity index (χ2v) is 8.36. The van der Waals surface area contributed by atoms with Gasteiger partial charge in [-0.05, 0) is 42.2 Å². The zero-order chi connectivity index (χ0) is 21.7. The molecule has 2 aromatic heterocycles. The molecule has 0 saturated carbocycles. The Morgan fingerprint density at radius 3 is 2.52 bits per heavy atom. The average molecular weight is 435 g/mol. The average Bonchev–Trinajstić information content (AvgIpc) is 3.37. The summed E-state index contributed by atoms with van der Waals surface area (Å²) in [6, 6.07) is 10.7. The van der Waals surface area contributed by atoms with E-state index in [1.54, 1.807) is 0 Å². The summed E-state index contributed by atoms with van der Waals surface area (Å²) < 4.78 is 19.7. The van der Waals surface area contributed by atoms with Crippen LogP contribution >= 0.6 is 11.3 Å². The molecule has 4 aromatic rings. The van der Waals surface area contributed by atoms with Gasteiger partial charge in [-0.2, -0.15) is 0 Å². The number of benzene rings is 2. The SMILES string of the molecule is CCc1ccc(C2c3c(oc4ccc(F)cc4c3=O)C(=O)N2c2nnc(CC)s2)cc1. The van der Waals surface area contributed by atoms with Crippen LogP contribution in [0.2, 0.25) is 0 Å². The lowest BCUT2D eigenvalue weighted by molar-refractivity contribution is 0.0970. The molecule has 0 spiro atoms. The number of carbonyl (C=O) groups is 1. The molecule has 1 aliphatic heterocycles. The molecule has 1 unspecified atom stereocenters. The van der Waals surface area contributed by atoms with Crippen molar-refractivity contribution in [2.45, 2.75) is 32.7 Å². The summed E-state index contributed by atoms with van der Waals surface area (Å²) in [5.41, 5.74) is 1.83. The Morgan fingerprint density at radius 1 is 1.06 bits per heavy atom. The molecule has 1 aliphatic rings. The lowest BCUT2D eigenvalue weighted by Gasteiger charge is -2.22. The molecule has 0 bridgehead atoms. The monoisotopic (exact) mass is 435 g/mol. The van der Waals surface area contributed by atoms with Gasteiger partial charge >= 0.3 is 0 Å². The first-order valence-electron chi connectivity index (χ1n) is 10.0. The Labute approximate surface area is 181 Å². The predicted octanol–water partition coefficient (Wildman–Crippen LogP) is 4.66. The molecule has 156 valence electrons. The summed E-state index contributed by atoms with van der Waals surface area (Å²) in [5, 5.41) is 9.62. The largest absolute Gasteiger partial charge is 0.450 e. The second kappa shape index (κ2) is 7.39. The number of fused-ring (bicyclic) bond motifs is 2. The van der Waals surface area contributed by atoms with Crippen LogP contribution in [0.1, 0.15) is 52.1 Å². The van der Waals surface area contributed by atoms with Crippen molar-refractivity contribution in [2.75, 3.05) is 4.90 Å². The lowest BCUT2D eigenvalue weighted by atomic mass is 9.97. The highest BCUT2D eigenvalue weighted by Crippen LogP contribution is 2.42. The number of anilines is 1. The summed E-state index contributed by atoms with van der Waals surface area (Å²) in [6.07, 6.45) is 1.55. The standard InChI is InChI=1S/C23H18FN3O3S/c1-3-12-5-7-13(8-6-12)19-18-20(28)15-11-14(24)9-10-16(15)30-21(18)22(29)27(19)23-26-25-17(4-2)31-23/h5-11,19H,3-4H2,1-2H3. The van der Waals surface area contributed by atoms with Crippen molar-refractivity contribution in [2.24, 2.45) is 0 Å². The normalized spacial score (nSPS) is 15.6. The van der Waals surface area contributed by atoms with Gasteiger partial charge in [-0.1, -0.05) is 49.4 Å². The molecular weight excluding hydrogens is 417 g/mol.